The Balaban J connectivity index is 2.19. The van der Waals surface area contributed by atoms with E-state index in [2.05, 4.69) is 10.3 Å². The third-order valence-corrected chi connectivity index (χ3v) is 3.99. The van der Waals surface area contributed by atoms with E-state index in [9.17, 15) is 18.0 Å². The maximum absolute atomic E-state index is 12.4. The Morgan fingerprint density at radius 2 is 2.15 bits per heavy atom. The van der Waals surface area contributed by atoms with E-state index in [0.717, 1.165) is 11.3 Å². The van der Waals surface area contributed by atoms with Gasteiger partial charge in [-0.05, 0) is 37.6 Å². The number of halogens is 3. The van der Waals surface area contributed by atoms with Crippen LogP contribution in [0.25, 0.3) is 0 Å². The van der Waals surface area contributed by atoms with Crippen LogP contribution in [0.3, 0.4) is 0 Å². The normalized spacial score (nSPS) is 18.3. The highest BCUT2D eigenvalue weighted by Gasteiger charge is 2.29. The average Bonchev–Trinajstić information content (AvgIpc) is 2.59. The monoisotopic (exact) mass is 369 g/mol. The number of benzene rings is 1. The van der Waals surface area contributed by atoms with Crippen LogP contribution in [0.15, 0.2) is 41.0 Å². The Hall–Kier alpha value is -2.51. The second-order valence-corrected chi connectivity index (χ2v) is 5.96. The molecule has 5 nitrogen and oxygen atoms in total. The Morgan fingerprint density at radius 1 is 1.42 bits per heavy atom. The Morgan fingerprint density at radius 3 is 2.81 bits per heavy atom. The summed E-state index contributed by atoms with van der Waals surface area (Å²) in [5.41, 5.74) is 1.64. The molecule has 1 aliphatic heterocycles. The van der Waals surface area contributed by atoms with E-state index in [4.69, 9.17) is 4.74 Å². The second kappa shape index (κ2) is 8.25. The lowest BCUT2D eigenvalue weighted by molar-refractivity contribution is -0.153. The van der Waals surface area contributed by atoms with E-state index in [1.54, 1.807) is 31.3 Å². The molecule has 2 rings (SSSR count). The summed E-state index contributed by atoms with van der Waals surface area (Å²) in [7, 11) is 0. The van der Waals surface area contributed by atoms with Gasteiger partial charge in [-0.3, -0.25) is 4.79 Å². The summed E-state index contributed by atoms with van der Waals surface area (Å²) < 4.78 is 41.9. The lowest BCUT2D eigenvalue weighted by Crippen LogP contribution is -2.48. The standard InChI is InChI=1S/C18H22F3N3O2/c1-4-16(25)23-17-22-9-8-12(2)24(17)13(3)14-6-5-7-15(10-14)26-11-18(19,20)21/h5-10,13,17H,4,11H2,1-3H3,(H,23,25). The van der Waals surface area contributed by atoms with Gasteiger partial charge in [0.05, 0.1) is 6.04 Å². The predicted octanol–water partition coefficient (Wildman–Crippen LogP) is 3.79. The van der Waals surface area contributed by atoms with Crippen molar-refractivity contribution in [3.05, 3.63) is 41.6 Å². The number of hydrogen-bond acceptors (Lipinski definition) is 4. The Labute approximate surface area is 150 Å². The number of alkyl halides is 3. The van der Waals surface area contributed by atoms with Crippen LogP contribution in [0.5, 0.6) is 5.75 Å². The smallest absolute Gasteiger partial charge is 0.422 e. The van der Waals surface area contributed by atoms with E-state index in [1.165, 1.54) is 6.07 Å². The first kappa shape index (κ1) is 19.8. The van der Waals surface area contributed by atoms with Crippen LogP contribution in [-0.4, -0.2) is 36.1 Å². The molecule has 0 bridgehead atoms. The van der Waals surface area contributed by atoms with Crippen molar-refractivity contribution in [2.75, 3.05) is 6.61 Å². The molecule has 26 heavy (non-hydrogen) atoms. The average molecular weight is 369 g/mol. The van der Waals surface area contributed by atoms with Gasteiger partial charge in [-0.15, -0.1) is 0 Å². The zero-order valence-corrected chi connectivity index (χ0v) is 14.9. The molecule has 1 aromatic rings. The summed E-state index contributed by atoms with van der Waals surface area (Å²) in [5.74, 6) is 0.00396. The summed E-state index contributed by atoms with van der Waals surface area (Å²) in [5, 5.41) is 2.83. The van der Waals surface area contributed by atoms with Gasteiger partial charge in [-0.2, -0.15) is 13.2 Å². The topological polar surface area (TPSA) is 53.9 Å². The van der Waals surface area contributed by atoms with Gasteiger partial charge in [-0.25, -0.2) is 4.99 Å². The van der Waals surface area contributed by atoms with Crippen molar-refractivity contribution < 1.29 is 22.7 Å². The molecule has 0 aromatic heterocycles. The van der Waals surface area contributed by atoms with E-state index >= 15 is 0 Å². The van der Waals surface area contributed by atoms with Crippen LogP contribution in [0, 0.1) is 0 Å². The zero-order valence-electron chi connectivity index (χ0n) is 14.9. The van der Waals surface area contributed by atoms with Crippen LogP contribution in [0.1, 0.15) is 38.8 Å². The van der Waals surface area contributed by atoms with Crippen molar-refractivity contribution in [1.29, 1.82) is 0 Å². The first-order chi connectivity index (χ1) is 12.2. The first-order valence-electron chi connectivity index (χ1n) is 8.28. The lowest BCUT2D eigenvalue weighted by atomic mass is 10.1. The quantitative estimate of drug-likeness (QED) is 0.830. The van der Waals surface area contributed by atoms with Crippen molar-refractivity contribution in [2.24, 2.45) is 4.99 Å². The number of hydrogen-bond donors (Lipinski definition) is 1. The predicted molar refractivity (Wildman–Crippen MR) is 92.7 cm³/mol. The maximum atomic E-state index is 12.4. The number of nitrogens with zero attached hydrogens (tertiary/aromatic N) is 2. The third-order valence-electron chi connectivity index (χ3n) is 3.99. The second-order valence-electron chi connectivity index (χ2n) is 5.96. The summed E-state index contributed by atoms with van der Waals surface area (Å²) in [6, 6.07) is 6.26. The molecular weight excluding hydrogens is 347 g/mol. The molecule has 0 saturated carbocycles. The summed E-state index contributed by atoms with van der Waals surface area (Å²) in [6.45, 7) is 4.19. The molecule has 1 N–H and O–H groups in total. The first-order valence-corrected chi connectivity index (χ1v) is 8.28. The van der Waals surface area contributed by atoms with Gasteiger partial charge >= 0.3 is 6.18 Å². The summed E-state index contributed by atoms with van der Waals surface area (Å²) >= 11 is 0. The lowest BCUT2D eigenvalue weighted by Gasteiger charge is -2.38. The number of ether oxygens (including phenoxy) is 1. The fraction of sp³-hybridized carbons (Fsp3) is 0.444. The highest BCUT2D eigenvalue weighted by molar-refractivity contribution is 5.77. The van der Waals surface area contributed by atoms with E-state index in [-0.39, 0.29) is 17.7 Å². The molecule has 2 atom stereocenters. The number of allylic oxidation sites excluding steroid dienone is 2. The number of nitrogens with one attached hydrogen (secondary N) is 1. The van der Waals surface area contributed by atoms with Crippen LogP contribution in [0.4, 0.5) is 13.2 Å². The van der Waals surface area contributed by atoms with Gasteiger partial charge in [0, 0.05) is 18.3 Å². The van der Waals surface area contributed by atoms with Gasteiger partial charge < -0.3 is 15.0 Å². The zero-order chi connectivity index (χ0) is 19.3. The van der Waals surface area contributed by atoms with Crippen LogP contribution in [0.2, 0.25) is 0 Å². The fourth-order valence-corrected chi connectivity index (χ4v) is 2.64. The molecule has 1 aliphatic rings. The maximum Gasteiger partial charge on any atom is 0.422 e. The summed E-state index contributed by atoms with van der Waals surface area (Å²) in [4.78, 5) is 18.0. The molecule has 0 saturated heterocycles. The SMILES string of the molecule is CCC(=O)NC1N=CC=C(C)N1C(C)c1cccc(OCC(F)(F)F)c1. The molecule has 2 unspecified atom stereocenters. The van der Waals surface area contributed by atoms with E-state index < -0.39 is 19.1 Å². The van der Waals surface area contributed by atoms with Gasteiger partial charge in [0.25, 0.3) is 0 Å². The molecule has 0 fully saturated rings. The molecule has 0 radical (unpaired) electrons. The highest BCUT2D eigenvalue weighted by atomic mass is 19.4. The van der Waals surface area contributed by atoms with Gasteiger partial charge in [0.2, 0.25) is 5.91 Å². The minimum atomic E-state index is -4.39. The minimum absolute atomic E-state index is 0.138. The van der Waals surface area contributed by atoms with E-state index in [0.29, 0.717) is 6.42 Å². The Bertz CT molecular complexity index is 701. The molecule has 1 aromatic carbocycles. The minimum Gasteiger partial charge on any atom is -0.484 e. The van der Waals surface area contributed by atoms with Gasteiger partial charge in [0.15, 0.2) is 12.9 Å². The van der Waals surface area contributed by atoms with Gasteiger partial charge in [0.1, 0.15) is 5.75 Å². The molecule has 8 heteroatoms. The number of amides is 1. The fourth-order valence-electron chi connectivity index (χ4n) is 2.64. The number of carbonyl (C=O) groups is 1. The molecule has 0 aliphatic carbocycles. The number of aliphatic imine (C=N–C) groups is 1. The molecule has 142 valence electrons. The van der Waals surface area contributed by atoms with E-state index in [1.807, 2.05) is 24.8 Å². The highest BCUT2D eigenvalue weighted by Crippen LogP contribution is 2.30. The van der Waals surface area contributed by atoms with Crippen LogP contribution in [-0.2, 0) is 4.79 Å². The Kier molecular flexibility index (Phi) is 6.28. The van der Waals surface area contributed by atoms with Crippen molar-refractivity contribution in [2.45, 2.75) is 45.7 Å². The number of rotatable bonds is 6. The van der Waals surface area contributed by atoms with Gasteiger partial charge in [-0.1, -0.05) is 19.1 Å². The molecule has 1 amide bonds. The van der Waals surface area contributed by atoms with Crippen molar-refractivity contribution in [1.82, 2.24) is 10.2 Å². The third kappa shape index (κ3) is 5.24. The van der Waals surface area contributed by atoms with Crippen molar-refractivity contribution in [3.8, 4) is 5.75 Å². The van der Waals surface area contributed by atoms with Crippen molar-refractivity contribution in [3.63, 3.8) is 0 Å². The van der Waals surface area contributed by atoms with Crippen molar-refractivity contribution >= 4 is 12.1 Å². The number of carbonyl (C=O) groups excluding carboxylic acids is 1. The largest absolute Gasteiger partial charge is 0.484 e. The van der Waals surface area contributed by atoms with Crippen LogP contribution < -0.4 is 10.1 Å². The molecule has 0 spiro atoms. The molecule has 1 heterocycles. The summed E-state index contributed by atoms with van der Waals surface area (Å²) in [6.07, 6.45) is -1.19. The molecular formula is C18H22F3N3O2. The van der Waals surface area contributed by atoms with Crippen LogP contribution >= 0.6 is 0 Å².